The maximum Gasteiger partial charge on any atom is 0.140 e. The van der Waals surface area contributed by atoms with Crippen LogP contribution in [0.2, 0.25) is 0 Å². The van der Waals surface area contributed by atoms with Crippen molar-refractivity contribution in [3.63, 3.8) is 0 Å². The van der Waals surface area contributed by atoms with Crippen LogP contribution >= 0.6 is 0 Å². The van der Waals surface area contributed by atoms with Crippen LogP contribution in [0, 0.1) is 23.1 Å². The minimum atomic E-state index is -0.458. The number of benzene rings is 1. The van der Waals surface area contributed by atoms with Gasteiger partial charge in [0, 0.05) is 19.1 Å². The molecular weight excluding hydrogens is 241 g/mol. The minimum absolute atomic E-state index is 0.105. The Hall–Kier alpha value is -1.44. The van der Waals surface area contributed by atoms with E-state index in [9.17, 15) is 4.39 Å². The number of hydrogen-bond donors (Lipinski definition) is 1. The molecule has 0 aliphatic rings. The summed E-state index contributed by atoms with van der Waals surface area (Å²) in [7, 11) is 4.09. The van der Waals surface area contributed by atoms with Crippen LogP contribution in [0.25, 0.3) is 0 Å². The topological polar surface area (TPSA) is 39.1 Å². The van der Waals surface area contributed by atoms with Gasteiger partial charge in [0.05, 0.1) is 5.56 Å². The first-order valence-electron chi connectivity index (χ1n) is 6.50. The molecule has 4 heteroatoms. The number of nitrogens with zero attached hydrogens (tertiary/aromatic N) is 2. The van der Waals surface area contributed by atoms with E-state index in [2.05, 4.69) is 24.1 Å². The smallest absolute Gasteiger partial charge is 0.140 e. The van der Waals surface area contributed by atoms with Gasteiger partial charge in [0.25, 0.3) is 0 Å². The molecule has 1 aromatic rings. The lowest BCUT2D eigenvalue weighted by Gasteiger charge is -2.25. The Morgan fingerprint density at radius 1 is 1.37 bits per heavy atom. The summed E-state index contributed by atoms with van der Waals surface area (Å²) in [5, 5.41) is 12.3. The van der Waals surface area contributed by atoms with E-state index < -0.39 is 5.82 Å². The van der Waals surface area contributed by atoms with Gasteiger partial charge in [0.1, 0.15) is 11.9 Å². The van der Waals surface area contributed by atoms with E-state index in [1.54, 1.807) is 12.1 Å². The number of hydrogen-bond acceptors (Lipinski definition) is 3. The Balaban J connectivity index is 2.67. The van der Waals surface area contributed by atoms with Gasteiger partial charge in [0.15, 0.2) is 0 Å². The summed E-state index contributed by atoms with van der Waals surface area (Å²) in [5.74, 6) is 0.0539. The highest BCUT2D eigenvalue weighted by molar-refractivity contribution is 5.34. The predicted octanol–water partition coefficient (Wildman–Crippen LogP) is 2.37. The third kappa shape index (κ3) is 4.98. The summed E-state index contributed by atoms with van der Waals surface area (Å²) in [6.45, 7) is 5.94. The summed E-state index contributed by atoms with van der Waals surface area (Å²) < 4.78 is 13.2. The molecule has 0 bridgehead atoms. The fourth-order valence-corrected chi connectivity index (χ4v) is 1.92. The van der Waals surface area contributed by atoms with Crippen LogP contribution in [-0.2, 0) is 6.54 Å². The summed E-state index contributed by atoms with van der Waals surface area (Å²) in [5.41, 5.74) is 1.04. The molecule has 0 radical (unpaired) electrons. The largest absolute Gasteiger partial charge is 0.308 e. The molecule has 0 spiro atoms. The van der Waals surface area contributed by atoms with Crippen molar-refractivity contribution in [2.45, 2.75) is 26.4 Å². The van der Waals surface area contributed by atoms with Crippen molar-refractivity contribution >= 4 is 0 Å². The van der Waals surface area contributed by atoms with Crippen LogP contribution in [0.15, 0.2) is 18.2 Å². The molecule has 0 aliphatic heterocycles. The van der Waals surface area contributed by atoms with Crippen molar-refractivity contribution in [2.75, 3.05) is 20.6 Å². The summed E-state index contributed by atoms with van der Waals surface area (Å²) >= 11 is 0. The van der Waals surface area contributed by atoms with Gasteiger partial charge in [-0.1, -0.05) is 19.9 Å². The molecule has 0 aliphatic carbocycles. The summed E-state index contributed by atoms with van der Waals surface area (Å²) in [4.78, 5) is 2.14. The second kappa shape index (κ2) is 7.22. The zero-order valence-electron chi connectivity index (χ0n) is 12.1. The molecule has 0 heterocycles. The average Bonchev–Trinajstić information content (AvgIpc) is 2.35. The fourth-order valence-electron chi connectivity index (χ4n) is 1.92. The molecule has 1 aromatic carbocycles. The lowest BCUT2D eigenvalue weighted by Crippen LogP contribution is -2.41. The van der Waals surface area contributed by atoms with Crippen LogP contribution in [-0.4, -0.2) is 31.6 Å². The van der Waals surface area contributed by atoms with Crippen LogP contribution in [0.4, 0.5) is 4.39 Å². The molecule has 0 saturated heterocycles. The van der Waals surface area contributed by atoms with E-state index in [0.717, 1.165) is 12.1 Å². The molecule has 0 saturated carbocycles. The highest BCUT2D eigenvalue weighted by atomic mass is 19.1. The molecule has 0 aromatic heterocycles. The highest BCUT2D eigenvalue weighted by Crippen LogP contribution is 2.10. The van der Waals surface area contributed by atoms with Crippen molar-refractivity contribution < 1.29 is 4.39 Å². The zero-order chi connectivity index (χ0) is 14.4. The first-order chi connectivity index (χ1) is 8.93. The highest BCUT2D eigenvalue weighted by Gasteiger charge is 2.13. The molecule has 104 valence electrons. The van der Waals surface area contributed by atoms with Gasteiger partial charge in [-0.3, -0.25) is 0 Å². The molecule has 3 nitrogen and oxygen atoms in total. The van der Waals surface area contributed by atoms with E-state index in [4.69, 9.17) is 5.26 Å². The third-order valence-electron chi connectivity index (χ3n) is 3.09. The van der Waals surface area contributed by atoms with E-state index in [-0.39, 0.29) is 5.56 Å². The first-order valence-corrected chi connectivity index (χ1v) is 6.50. The fraction of sp³-hybridized carbons (Fsp3) is 0.533. The van der Waals surface area contributed by atoms with Crippen LogP contribution < -0.4 is 5.32 Å². The van der Waals surface area contributed by atoms with Gasteiger partial charge >= 0.3 is 0 Å². The molecular formula is C15H22FN3. The molecule has 19 heavy (non-hydrogen) atoms. The van der Waals surface area contributed by atoms with E-state index >= 15 is 0 Å². The quantitative estimate of drug-likeness (QED) is 0.856. The standard InChI is InChI=1S/C15H22FN3/c1-11(2)15(10-19(3)4)18-9-12-5-6-14(16)13(7-12)8-17/h5-7,11,15,18H,9-10H2,1-4H3. The zero-order valence-corrected chi connectivity index (χ0v) is 12.1. The number of halogens is 1. The van der Waals surface area contributed by atoms with Crippen molar-refractivity contribution in [3.05, 3.63) is 35.1 Å². The monoisotopic (exact) mass is 263 g/mol. The Kier molecular flexibility index (Phi) is 5.94. The molecule has 0 amide bonds. The normalized spacial score (nSPS) is 12.7. The van der Waals surface area contributed by atoms with E-state index in [1.807, 2.05) is 20.2 Å². The predicted molar refractivity (Wildman–Crippen MR) is 75.1 cm³/mol. The first kappa shape index (κ1) is 15.6. The van der Waals surface area contributed by atoms with Crippen LogP contribution in [0.3, 0.4) is 0 Å². The summed E-state index contributed by atoms with van der Waals surface area (Å²) in [6.07, 6.45) is 0. The Bertz CT molecular complexity index is 449. The molecule has 1 N–H and O–H groups in total. The van der Waals surface area contributed by atoms with Crippen molar-refractivity contribution in [1.82, 2.24) is 10.2 Å². The van der Waals surface area contributed by atoms with Gasteiger partial charge in [0.2, 0.25) is 0 Å². The number of rotatable bonds is 6. The number of likely N-dealkylation sites (N-methyl/N-ethyl adjacent to an activating group) is 1. The van der Waals surface area contributed by atoms with Gasteiger partial charge in [-0.15, -0.1) is 0 Å². The van der Waals surface area contributed by atoms with Crippen molar-refractivity contribution in [1.29, 1.82) is 5.26 Å². The van der Waals surface area contributed by atoms with Gasteiger partial charge in [-0.25, -0.2) is 4.39 Å². The molecule has 1 rings (SSSR count). The second-order valence-corrected chi connectivity index (χ2v) is 5.42. The van der Waals surface area contributed by atoms with Gasteiger partial charge in [-0.2, -0.15) is 5.26 Å². The van der Waals surface area contributed by atoms with E-state index in [1.165, 1.54) is 6.07 Å². The lowest BCUT2D eigenvalue weighted by molar-refractivity contribution is 0.288. The third-order valence-corrected chi connectivity index (χ3v) is 3.09. The lowest BCUT2D eigenvalue weighted by atomic mass is 10.0. The molecule has 1 unspecified atom stereocenters. The Morgan fingerprint density at radius 2 is 2.05 bits per heavy atom. The Morgan fingerprint density at radius 3 is 2.58 bits per heavy atom. The maximum absolute atomic E-state index is 13.2. The molecule has 1 atom stereocenters. The van der Waals surface area contributed by atoms with Crippen LogP contribution in [0.5, 0.6) is 0 Å². The Labute approximate surface area is 115 Å². The number of nitriles is 1. The number of nitrogens with one attached hydrogen (secondary N) is 1. The van der Waals surface area contributed by atoms with Gasteiger partial charge < -0.3 is 10.2 Å². The molecule has 0 fully saturated rings. The van der Waals surface area contributed by atoms with Crippen molar-refractivity contribution in [3.8, 4) is 6.07 Å². The minimum Gasteiger partial charge on any atom is -0.308 e. The maximum atomic E-state index is 13.2. The van der Waals surface area contributed by atoms with E-state index in [0.29, 0.717) is 18.5 Å². The summed E-state index contributed by atoms with van der Waals surface area (Å²) in [6, 6.07) is 6.91. The van der Waals surface area contributed by atoms with Crippen LogP contribution in [0.1, 0.15) is 25.0 Å². The SMILES string of the molecule is CC(C)C(CN(C)C)NCc1ccc(F)c(C#N)c1. The van der Waals surface area contributed by atoms with Gasteiger partial charge in [-0.05, 0) is 37.7 Å². The van der Waals surface area contributed by atoms with Crippen molar-refractivity contribution in [2.24, 2.45) is 5.92 Å². The second-order valence-electron chi connectivity index (χ2n) is 5.42. The average molecular weight is 263 g/mol.